The Morgan fingerprint density at radius 3 is 2.88 bits per heavy atom. The summed E-state index contributed by atoms with van der Waals surface area (Å²) in [4.78, 5) is 56.8. The molecule has 2 aromatic rings. The van der Waals surface area contributed by atoms with E-state index in [1.165, 1.54) is 18.0 Å². The van der Waals surface area contributed by atoms with Gasteiger partial charge in [0, 0.05) is 17.6 Å². The molecule has 2 aromatic heterocycles. The number of H-pyrrole nitrogens is 1. The molecule has 162 valence electrons. The fourth-order valence-electron chi connectivity index (χ4n) is 3.03. The molecule has 0 saturated carbocycles. The van der Waals surface area contributed by atoms with Crippen LogP contribution in [-0.4, -0.2) is 72.6 Å². The van der Waals surface area contributed by atoms with Crippen LogP contribution in [0.15, 0.2) is 22.0 Å². The number of rotatable bonds is 6. The normalized spacial score (nSPS) is 19.7. The Kier molecular flexibility index (Phi) is 7.34. The molecule has 0 aromatic carbocycles. The van der Waals surface area contributed by atoms with Crippen LogP contribution in [0.4, 0.5) is 5.82 Å². The zero-order valence-electron chi connectivity index (χ0n) is 16.8. The molecule has 1 fully saturated rings. The molecule has 0 radical (unpaired) electrons. The number of carbonyl (C=O) groups excluding carboxylic acids is 4. The Bertz CT molecular complexity index is 1160. The number of β-lactam (4-membered cyclic amide) rings is 1. The smallest absolute Gasteiger partial charge is 0.543 e. The number of hydrogen-bond acceptors (Lipinski definition) is 12. The van der Waals surface area contributed by atoms with Crippen molar-refractivity contribution in [1.82, 2.24) is 30.4 Å². The molecule has 0 spiro atoms. The number of carboxylic acids is 1. The van der Waals surface area contributed by atoms with Gasteiger partial charge in [-0.2, -0.15) is 5.10 Å². The summed E-state index contributed by atoms with van der Waals surface area (Å²) < 4.78 is 4.59. The summed E-state index contributed by atoms with van der Waals surface area (Å²) in [5, 5.41) is 20.9. The minimum absolute atomic E-state index is 0. The predicted octanol–water partition coefficient (Wildman–Crippen LogP) is -5.04. The summed E-state index contributed by atoms with van der Waals surface area (Å²) in [7, 11) is 0. The van der Waals surface area contributed by atoms with Gasteiger partial charge in [0.2, 0.25) is 0 Å². The average molecular weight is 487 g/mol. The van der Waals surface area contributed by atoms with Gasteiger partial charge in [0.25, 0.3) is 11.8 Å². The van der Waals surface area contributed by atoms with Crippen molar-refractivity contribution in [1.29, 1.82) is 0 Å². The summed E-state index contributed by atoms with van der Waals surface area (Å²) in [6, 6.07) is -0.942. The first-order valence-electron chi connectivity index (χ1n) is 8.72. The number of nitrogens with zero attached hydrogens (tertiary/aromatic N) is 4. The molecule has 0 bridgehead atoms. The summed E-state index contributed by atoms with van der Waals surface area (Å²) in [6.07, 6.45) is 1.47. The van der Waals surface area contributed by atoms with Crippen LogP contribution < -0.4 is 45.7 Å². The number of carbonyl (C=O) groups is 4. The van der Waals surface area contributed by atoms with Crippen molar-refractivity contribution in [2.75, 3.05) is 18.1 Å². The van der Waals surface area contributed by atoms with Crippen LogP contribution in [0.2, 0.25) is 0 Å². The van der Waals surface area contributed by atoms with Crippen molar-refractivity contribution in [2.45, 2.75) is 23.5 Å². The third-order valence-electron chi connectivity index (χ3n) is 4.38. The second kappa shape index (κ2) is 9.66. The van der Waals surface area contributed by atoms with Crippen molar-refractivity contribution in [3.8, 4) is 0 Å². The number of aromatic nitrogens is 4. The van der Waals surface area contributed by atoms with E-state index in [1.54, 1.807) is 0 Å². The second-order valence-corrected chi connectivity index (χ2v) is 8.59. The van der Waals surface area contributed by atoms with Crippen molar-refractivity contribution in [3.63, 3.8) is 0 Å². The molecule has 1 saturated heterocycles. The Labute approximate surface area is 210 Å². The molecular formula is C16H14N7NaO6S2. The fraction of sp³-hybridized carbons (Fsp3) is 0.312. The number of nitrogens with two attached hydrogens (primary N) is 1. The summed E-state index contributed by atoms with van der Waals surface area (Å²) >= 11 is 2.21. The average Bonchev–Trinajstić information content (AvgIpc) is 3.19. The van der Waals surface area contributed by atoms with E-state index in [0.717, 1.165) is 23.6 Å². The standard InChI is InChI=1S/C16H15N7O6S2.Na/c1-5(24)29-3-8(25)19-9-13(26)23-10(15(27)28)7(4-30-14(9)23)31-16-20-11(17)6-2-18-22-12(6)21-16;/h2,9,14H,3-4H2,1H3,(H,19,25)(H,27,28)(H3,17,18,20,21,22);/q;+1/p-1/t9?,14-;/m1./s1. The van der Waals surface area contributed by atoms with E-state index in [0.29, 0.717) is 15.9 Å². The van der Waals surface area contributed by atoms with Crippen molar-refractivity contribution in [3.05, 3.63) is 16.8 Å². The third-order valence-corrected chi connectivity index (χ3v) is 6.79. The first-order chi connectivity index (χ1) is 14.8. The molecule has 4 heterocycles. The molecule has 2 aliphatic heterocycles. The van der Waals surface area contributed by atoms with Crippen LogP contribution in [0.1, 0.15) is 6.92 Å². The van der Waals surface area contributed by atoms with Crippen LogP contribution in [0, 0.1) is 0 Å². The molecule has 2 aliphatic rings. The van der Waals surface area contributed by atoms with E-state index >= 15 is 0 Å². The van der Waals surface area contributed by atoms with Gasteiger partial charge in [-0.25, -0.2) is 9.97 Å². The van der Waals surface area contributed by atoms with Crippen LogP contribution in [-0.2, 0) is 23.9 Å². The van der Waals surface area contributed by atoms with Crippen LogP contribution in [0.25, 0.3) is 11.0 Å². The van der Waals surface area contributed by atoms with Gasteiger partial charge in [-0.3, -0.25) is 24.4 Å². The Morgan fingerprint density at radius 1 is 1.44 bits per heavy atom. The minimum atomic E-state index is -1.54. The van der Waals surface area contributed by atoms with E-state index in [1.807, 2.05) is 0 Å². The number of amides is 2. The molecular weight excluding hydrogens is 473 g/mol. The van der Waals surface area contributed by atoms with Crippen LogP contribution >= 0.6 is 23.5 Å². The number of nitrogens with one attached hydrogen (secondary N) is 2. The number of thioether (sulfide) groups is 2. The molecule has 32 heavy (non-hydrogen) atoms. The largest absolute Gasteiger partial charge is 1.00 e. The van der Waals surface area contributed by atoms with Crippen molar-refractivity contribution in [2.24, 2.45) is 0 Å². The van der Waals surface area contributed by atoms with Gasteiger partial charge in [-0.15, -0.1) is 11.8 Å². The molecule has 13 nitrogen and oxygen atoms in total. The van der Waals surface area contributed by atoms with Gasteiger partial charge in [0.15, 0.2) is 17.4 Å². The number of carboxylic acid groups (broad SMARTS) is 1. The predicted molar refractivity (Wildman–Crippen MR) is 106 cm³/mol. The number of esters is 1. The first-order valence-corrected chi connectivity index (χ1v) is 10.6. The Hall–Kier alpha value is -2.33. The van der Waals surface area contributed by atoms with E-state index in [9.17, 15) is 24.3 Å². The van der Waals surface area contributed by atoms with Crippen molar-refractivity contribution < 1.29 is 58.6 Å². The van der Waals surface area contributed by atoms with Crippen LogP contribution in [0.3, 0.4) is 0 Å². The number of anilines is 1. The molecule has 0 aliphatic carbocycles. The Balaban J connectivity index is 0.00000289. The molecule has 2 atom stereocenters. The summed E-state index contributed by atoms with van der Waals surface area (Å²) in [6.45, 7) is 0.619. The van der Waals surface area contributed by atoms with E-state index < -0.39 is 41.8 Å². The van der Waals surface area contributed by atoms with E-state index in [-0.39, 0.29) is 52.0 Å². The number of nitrogen functional groups attached to an aromatic ring is 1. The summed E-state index contributed by atoms with van der Waals surface area (Å²) in [5.74, 6) is -3.07. The quantitative estimate of drug-likeness (QED) is 0.152. The number of hydrogen-bond donors (Lipinski definition) is 3. The first kappa shape index (κ1) is 24.3. The molecule has 2 amide bonds. The maximum atomic E-state index is 12.6. The maximum absolute atomic E-state index is 12.6. The Morgan fingerprint density at radius 2 is 2.19 bits per heavy atom. The fourth-order valence-corrected chi connectivity index (χ4v) is 5.45. The van der Waals surface area contributed by atoms with Crippen molar-refractivity contribution >= 4 is 64.1 Å². The number of aromatic amines is 1. The SMILES string of the molecule is CC(=O)OCC(=O)NC1C(=O)N2C(C(=O)[O-])=C(Sc3nc(N)c4cn[nH]c4n3)CS[C@H]12.[Na+]. The van der Waals surface area contributed by atoms with Gasteiger partial charge < -0.3 is 25.7 Å². The minimum Gasteiger partial charge on any atom is -0.543 e. The molecule has 1 unspecified atom stereocenters. The summed E-state index contributed by atoms with van der Waals surface area (Å²) in [5.41, 5.74) is 5.96. The van der Waals surface area contributed by atoms with Gasteiger partial charge in [-0.05, 0) is 0 Å². The number of ether oxygens (including phenoxy) is 1. The zero-order chi connectivity index (χ0) is 22.3. The number of aliphatic carboxylic acids is 1. The monoisotopic (exact) mass is 487 g/mol. The second-order valence-electron chi connectivity index (χ2n) is 6.42. The van der Waals surface area contributed by atoms with Gasteiger partial charge in [0.1, 0.15) is 17.2 Å². The maximum Gasteiger partial charge on any atom is 1.00 e. The number of fused-ring (bicyclic) bond motifs is 2. The van der Waals surface area contributed by atoms with Gasteiger partial charge >= 0.3 is 35.5 Å². The van der Waals surface area contributed by atoms with Gasteiger partial charge in [-0.1, -0.05) is 11.8 Å². The van der Waals surface area contributed by atoms with E-state index in [2.05, 4.69) is 30.2 Å². The van der Waals surface area contributed by atoms with Gasteiger partial charge in [0.05, 0.1) is 23.2 Å². The zero-order valence-corrected chi connectivity index (χ0v) is 20.4. The molecule has 4 N–H and O–H groups in total. The third kappa shape index (κ3) is 4.56. The van der Waals surface area contributed by atoms with Crippen LogP contribution in [0.5, 0.6) is 0 Å². The van der Waals surface area contributed by atoms with E-state index in [4.69, 9.17) is 5.73 Å². The topological polar surface area (TPSA) is 196 Å². The molecule has 16 heteroatoms. The molecule has 4 rings (SSSR count).